The van der Waals surface area contributed by atoms with Crippen LogP contribution in [0.25, 0.3) is 0 Å². The molecule has 21 heavy (non-hydrogen) atoms. The first-order valence-corrected chi connectivity index (χ1v) is 6.95. The molecule has 0 unspecified atom stereocenters. The number of amides is 1. The van der Waals surface area contributed by atoms with Crippen LogP contribution >= 0.6 is 0 Å². The number of carbonyl (C=O) groups excluding carboxylic acids is 1. The summed E-state index contributed by atoms with van der Waals surface area (Å²) in [6.45, 7) is 5.70. The number of rotatable bonds is 7. The lowest BCUT2D eigenvalue weighted by molar-refractivity contribution is -0.117. The fraction of sp³-hybridized carbons (Fsp3) is 0.438. The summed E-state index contributed by atoms with van der Waals surface area (Å²) in [5.41, 5.74) is 0.966. The first-order chi connectivity index (χ1) is 10.1. The summed E-state index contributed by atoms with van der Waals surface area (Å²) < 4.78 is 0. The molecule has 0 saturated carbocycles. The third-order valence-electron chi connectivity index (χ3n) is 2.85. The van der Waals surface area contributed by atoms with E-state index in [1.807, 2.05) is 11.0 Å². The van der Waals surface area contributed by atoms with Crippen molar-refractivity contribution in [3.63, 3.8) is 0 Å². The molecule has 5 nitrogen and oxygen atoms in total. The van der Waals surface area contributed by atoms with Gasteiger partial charge in [-0.25, -0.2) is 0 Å². The molecule has 1 aromatic rings. The summed E-state index contributed by atoms with van der Waals surface area (Å²) in [5.74, 6) is 0.249. The van der Waals surface area contributed by atoms with Crippen LogP contribution in [0, 0.1) is 28.6 Å². The minimum Gasteiger partial charge on any atom is -0.324 e. The van der Waals surface area contributed by atoms with Gasteiger partial charge in [-0.2, -0.15) is 10.5 Å². The number of benzene rings is 1. The summed E-state index contributed by atoms with van der Waals surface area (Å²) in [7, 11) is 0. The highest BCUT2D eigenvalue weighted by Crippen LogP contribution is 2.13. The zero-order valence-electron chi connectivity index (χ0n) is 12.5. The van der Waals surface area contributed by atoms with E-state index in [1.165, 1.54) is 0 Å². The molecule has 0 bridgehead atoms. The predicted octanol–water partition coefficient (Wildman–Crippen LogP) is 2.37. The Morgan fingerprint density at radius 3 is 2.67 bits per heavy atom. The number of nitrogens with one attached hydrogen (secondary N) is 1. The first kappa shape index (κ1) is 16.7. The molecule has 0 atom stereocenters. The van der Waals surface area contributed by atoms with E-state index < -0.39 is 0 Å². The largest absolute Gasteiger partial charge is 0.324 e. The lowest BCUT2D eigenvalue weighted by atomic mass is 10.2. The van der Waals surface area contributed by atoms with E-state index in [1.54, 1.807) is 24.3 Å². The lowest BCUT2D eigenvalue weighted by Gasteiger charge is -2.22. The van der Waals surface area contributed by atoms with Gasteiger partial charge in [0.15, 0.2) is 0 Å². The van der Waals surface area contributed by atoms with E-state index >= 15 is 0 Å². The maximum atomic E-state index is 12.1. The fourth-order valence-electron chi connectivity index (χ4n) is 2.04. The average Bonchev–Trinajstić information content (AvgIpc) is 2.44. The van der Waals surface area contributed by atoms with Crippen molar-refractivity contribution in [3.05, 3.63) is 29.8 Å². The molecule has 110 valence electrons. The molecule has 0 fully saturated rings. The molecule has 0 aliphatic heterocycles. The standard InChI is InChI=1S/C16H20N4O/c1-13(2)11-20(9-5-8-17)12-16(21)19-15-7-4-3-6-14(15)10-18/h3-4,6-7,13H,5,9,11-12H2,1-2H3,(H,19,21). The smallest absolute Gasteiger partial charge is 0.238 e. The van der Waals surface area contributed by atoms with Crippen LogP contribution in [-0.2, 0) is 4.79 Å². The second-order valence-corrected chi connectivity index (χ2v) is 5.24. The molecule has 0 aromatic heterocycles. The molecule has 0 heterocycles. The molecular formula is C16H20N4O. The zero-order chi connectivity index (χ0) is 15.7. The van der Waals surface area contributed by atoms with Gasteiger partial charge in [-0.15, -0.1) is 0 Å². The number of para-hydroxylation sites is 1. The van der Waals surface area contributed by atoms with E-state index in [0.717, 1.165) is 6.54 Å². The molecule has 0 aliphatic rings. The number of nitrogens with zero attached hydrogens (tertiary/aromatic N) is 3. The van der Waals surface area contributed by atoms with Crippen molar-refractivity contribution in [2.24, 2.45) is 5.92 Å². The Balaban J connectivity index is 2.65. The third kappa shape index (κ3) is 6.07. The van der Waals surface area contributed by atoms with Gasteiger partial charge in [0.05, 0.1) is 23.9 Å². The number of anilines is 1. The molecular weight excluding hydrogens is 264 g/mol. The van der Waals surface area contributed by atoms with Crippen molar-refractivity contribution in [1.29, 1.82) is 10.5 Å². The minimum atomic E-state index is -0.170. The number of carbonyl (C=O) groups is 1. The Morgan fingerprint density at radius 2 is 2.05 bits per heavy atom. The van der Waals surface area contributed by atoms with E-state index in [0.29, 0.717) is 30.1 Å². The van der Waals surface area contributed by atoms with Crippen molar-refractivity contribution in [3.8, 4) is 12.1 Å². The van der Waals surface area contributed by atoms with E-state index in [4.69, 9.17) is 10.5 Å². The van der Waals surface area contributed by atoms with Gasteiger partial charge in [-0.3, -0.25) is 9.69 Å². The van der Waals surface area contributed by atoms with Crippen molar-refractivity contribution >= 4 is 11.6 Å². The van der Waals surface area contributed by atoms with Crippen LogP contribution < -0.4 is 5.32 Å². The van der Waals surface area contributed by atoms with Crippen molar-refractivity contribution < 1.29 is 4.79 Å². The molecule has 0 aliphatic carbocycles. The molecule has 1 amide bonds. The highest BCUT2D eigenvalue weighted by molar-refractivity contribution is 5.93. The molecule has 5 heteroatoms. The van der Waals surface area contributed by atoms with Crippen LogP contribution in [0.1, 0.15) is 25.8 Å². The fourth-order valence-corrected chi connectivity index (χ4v) is 2.04. The monoisotopic (exact) mass is 284 g/mol. The maximum absolute atomic E-state index is 12.1. The van der Waals surface area contributed by atoms with Gasteiger partial charge in [-0.05, 0) is 18.1 Å². The third-order valence-corrected chi connectivity index (χ3v) is 2.85. The van der Waals surface area contributed by atoms with Crippen LogP contribution in [0.5, 0.6) is 0 Å². The van der Waals surface area contributed by atoms with Gasteiger partial charge in [0.25, 0.3) is 0 Å². The van der Waals surface area contributed by atoms with Gasteiger partial charge in [0.2, 0.25) is 5.91 Å². The topological polar surface area (TPSA) is 79.9 Å². The molecule has 1 rings (SSSR count). The summed E-state index contributed by atoms with van der Waals surface area (Å²) in [6.07, 6.45) is 0.398. The van der Waals surface area contributed by atoms with Crippen molar-refractivity contribution in [1.82, 2.24) is 4.90 Å². The van der Waals surface area contributed by atoms with E-state index in [-0.39, 0.29) is 12.5 Å². The zero-order valence-corrected chi connectivity index (χ0v) is 12.5. The van der Waals surface area contributed by atoms with E-state index in [2.05, 4.69) is 25.2 Å². The summed E-state index contributed by atoms with van der Waals surface area (Å²) in [6, 6.07) is 11.0. The van der Waals surface area contributed by atoms with Gasteiger partial charge >= 0.3 is 0 Å². The summed E-state index contributed by atoms with van der Waals surface area (Å²) in [4.78, 5) is 14.0. The van der Waals surface area contributed by atoms with Crippen LogP contribution in [0.4, 0.5) is 5.69 Å². The van der Waals surface area contributed by atoms with Gasteiger partial charge in [-0.1, -0.05) is 26.0 Å². The summed E-state index contributed by atoms with van der Waals surface area (Å²) >= 11 is 0. The summed E-state index contributed by atoms with van der Waals surface area (Å²) in [5, 5.41) is 20.4. The minimum absolute atomic E-state index is 0.170. The average molecular weight is 284 g/mol. The van der Waals surface area contributed by atoms with E-state index in [9.17, 15) is 4.79 Å². The lowest BCUT2D eigenvalue weighted by Crippen LogP contribution is -2.36. The Labute approximate surface area is 125 Å². The Kier molecular flexibility index (Phi) is 6.94. The molecule has 1 aromatic carbocycles. The molecule has 0 radical (unpaired) electrons. The van der Waals surface area contributed by atoms with Crippen molar-refractivity contribution in [2.45, 2.75) is 20.3 Å². The normalized spacial score (nSPS) is 10.2. The second kappa shape index (κ2) is 8.73. The van der Waals surface area contributed by atoms with Gasteiger partial charge in [0.1, 0.15) is 6.07 Å². The van der Waals surface area contributed by atoms with Gasteiger partial charge < -0.3 is 5.32 Å². The Bertz CT molecular complexity index is 554. The van der Waals surface area contributed by atoms with Crippen LogP contribution in [0.2, 0.25) is 0 Å². The van der Waals surface area contributed by atoms with Crippen LogP contribution in [0.15, 0.2) is 24.3 Å². The SMILES string of the molecule is CC(C)CN(CCC#N)CC(=O)Nc1ccccc1C#N. The number of hydrogen-bond donors (Lipinski definition) is 1. The second-order valence-electron chi connectivity index (χ2n) is 5.24. The van der Waals surface area contributed by atoms with Crippen LogP contribution in [-0.4, -0.2) is 30.4 Å². The highest BCUT2D eigenvalue weighted by Gasteiger charge is 2.13. The number of nitriles is 2. The molecule has 1 N–H and O–H groups in total. The first-order valence-electron chi connectivity index (χ1n) is 6.95. The molecule has 0 saturated heterocycles. The quantitative estimate of drug-likeness (QED) is 0.833. The Morgan fingerprint density at radius 1 is 1.33 bits per heavy atom. The maximum Gasteiger partial charge on any atom is 0.238 e. The van der Waals surface area contributed by atoms with Gasteiger partial charge in [0, 0.05) is 19.5 Å². The molecule has 0 spiro atoms. The van der Waals surface area contributed by atoms with Crippen molar-refractivity contribution in [2.75, 3.05) is 25.0 Å². The predicted molar refractivity (Wildman–Crippen MR) is 81.3 cm³/mol. The Hall–Kier alpha value is -2.37. The number of hydrogen-bond acceptors (Lipinski definition) is 4. The van der Waals surface area contributed by atoms with Crippen LogP contribution in [0.3, 0.4) is 0 Å². The highest BCUT2D eigenvalue weighted by atomic mass is 16.2.